The molecule has 0 atom stereocenters. The third kappa shape index (κ3) is 13.1. The van der Waals surface area contributed by atoms with Crippen LogP contribution in [0.3, 0.4) is 0 Å². The topological polar surface area (TPSA) is 78.9 Å². The van der Waals surface area contributed by atoms with Gasteiger partial charge in [-0.25, -0.2) is 0 Å². The van der Waals surface area contributed by atoms with Crippen LogP contribution in [-0.4, -0.2) is 39.4 Å². The van der Waals surface area contributed by atoms with Gasteiger partial charge in [-0.1, -0.05) is 0 Å². The fourth-order valence-electron chi connectivity index (χ4n) is 6.63. The molecule has 284 valence electrons. The minimum atomic E-state index is -4.31. The van der Waals surface area contributed by atoms with Gasteiger partial charge in [0.05, 0.1) is 0 Å². The second-order valence-electron chi connectivity index (χ2n) is 13.8. The van der Waals surface area contributed by atoms with E-state index in [0.717, 1.165) is 149 Å². The van der Waals surface area contributed by atoms with Crippen molar-refractivity contribution in [1.82, 2.24) is 0 Å². The van der Waals surface area contributed by atoms with E-state index in [0.29, 0.717) is 16.7 Å². The number of unbranched alkanes of at least 4 members (excludes halogenated alkanes) is 6. The molecule has 0 aliphatic rings. The molecule has 0 saturated heterocycles. The average molecular weight is 822 g/mol. The Morgan fingerprint density at radius 2 is 0.654 bits per heavy atom. The van der Waals surface area contributed by atoms with Gasteiger partial charge in [-0.05, 0) is 0 Å². The molecule has 0 fully saturated rings. The quantitative estimate of drug-likeness (QED) is 0.0838. The van der Waals surface area contributed by atoms with Crippen molar-refractivity contribution in [3.05, 3.63) is 105 Å². The zero-order valence-electron chi connectivity index (χ0n) is 32.8. The second kappa shape index (κ2) is 24.3. The molecule has 0 aliphatic carbocycles. The first-order valence-corrected chi connectivity index (χ1v) is 23.2. The molecule has 0 aromatic heterocycles. The number of aryl methyl sites for hydroxylation is 3. The van der Waals surface area contributed by atoms with Crippen molar-refractivity contribution in [2.75, 3.05) is 0 Å². The molecule has 0 saturated carbocycles. The maximum atomic E-state index is 14.1. The summed E-state index contributed by atoms with van der Waals surface area (Å²) in [6, 6.07) is 17.3. The standard InChI is InChI=1S/3C15H22O2.Sb/c3*1-3-5-8-12-9-7-11-14(15(16)17)13(12)10-6-4-2;/h3*7,9,11H,3-6,8,10H2,1-2H3,(H,16,17);/q;;;+3/p-3. The summed E-state index contributed by atoms with van der Waals surface area (Å²) in [6.45, 7) is 12.9. The van der Waals surface area contributed by atoms with E-state index in [1.807, 2.05) is 18.2 Å². The first-order chi connectivity index (χ1) is 25.3. The van der Waals surface area contributed by atoms with Crippen molar-refractivity contribution in [3.8, 4) is 0 Å². The summed E-state index contributed by atoms with van der Waals surface area (Å²) in [5.41, 5.74) is 7.69. The molecular weight excluding hydrogens is 758 g/mol. The van der Waals surface area contributed by atoms with Crippen LogP contribution in [0.2, 0.25) is 0 Å². The van der Waals surface area contributed by atoms with Crippen LogP contribution in [0.5, 0.6) is 0 Å². The summed E-state index contributed by atoms with van der Waals surface area (Å²) in [7, 11) is 0. The molecule has 3 aromatic rings. The molecule has 3 rings (SSSR count). The third-order valence-corrected chi connectivity index (χ3v) is 12.4. The van der Waals surface area contributed by atoms with Crippen molar-refractivity contribution in [2.24, 2.45) is 0 Å². The van der Waals surface area contributed by atoms with Crippen molar-refractivity contribution >= 4 is 39.4 Å². The third-order valence-electron chi connectivity index (χ3n) is 9.69. The average Bonchev–Trinajstić information content (AvgIpc) is 3.15. The van der Waals surface area contributed by atoms with Gasteiger partial charge in [-0.3, -0.25) is 0 Å². The summed E-state index contributed by atoms with van der Waals surface area (Å²) in [6.07, 6.45) is 16.8. The minimum absolute atomic E-state index is 0.457. The number of hydrogen-bond donors (Lipinski definition) is 0. The molecule has 0 aliphatic heterocycles. The Morgan fingerprint density at radius 3 is 0.904 bits per heavy atom. The van der Waals surface area contributed by atoms with Crippen molar-refractivity contribution in [2.45, 2.75) is 157 Å². The van der Waals surface area contributed by atoms with Crippen LogP contribution in [0.1, 0.15) is 183 Å². The fraction of sp³-hybridized carbons (Fsp3) is 0.533. The van der Waals surface area contributed by atoms with Gasteiger partial charge in [0.25, 0.3) is 0 Å². The summed E-state index contributed by atoms with van der Waals surface area (Å²) < 4.78 is 18.3. The van der Waals surface area contributed by atoms with Crippen LogP contribution in [0.4, 0.5) is 0 Å². The first-order valence-electron chi connectivity index (χ1n) is 20.1. The number of carbonyl (C=O) groups excluding carboxylic acids is 3. The Hall–Kier alpha value is -3.11. The number of hydrogen-bond acceptors (Lipinski definition) is 6. The Kier molecular flexibility index (Phi) is 20.2. The van der Waals surface area contributed by atoms with Crippen LogP contribution < -0.4 is 0 Å². The second-order valence-corrected chi connectivity index (χ2v) is 16.7. The van der Waals surface area contributed by atoms with Crippen molar-refractivity contribution < 1.29 is 23.4 Å². The van der Waals surface area contributed by atoms with E-state index >= 15 is 0 Å². The van der Waals surface area contributed by atoms with E-state index < -0.39 is 39.4 Å². The fourth-order valence-corrected chi connectivity index (χ4v) is 8.96. The van der Waals surface area contributed by atoms with E-state index in [2.05, 4.69) is 59.7 Å². The molecule has 52 heavy (non-hydrogen) atoms. The SMILES string of the molecule is CCCCc1cccc(C(=O)[O][Sb]([O]C(=O)c2cccc(CCCC)c2CCCC)[O]C(=O)c2cccc(CCCC)c2CCCC)c1CCCC. The summed E-state index contributed by atoms with van der Waals surface area (Å²) in [4.78, 5) is 42.3. The molecule has 6 nitrogen and oxygen atoms in total. The van der Waals surface area contributed by atoms with Gasteiger partial charge in [-0.2, -0.15) is 0 Å². The monoisotopic (exact) mass is 820 g/mol. The summed E-state index contributed by atoms with van der Waals surface area (Å²) >= 11 is -4.31. The van der Waals surface area contributed by atoms with E-state index in [-0.39, 0.29) is 0 Å². The Morgan fingerprint density at radius 1 is 0.404 bits per heavy atom. The molecule has 0 amide bonds. The van der Waals surface area contributed by atoms with Crippen molar-refractivity contribution in [3.63, 3.8) is 0 Å². The Bertz CT molecular complexity index is 1380. The van der Waals surface area contributed by atoms with E-state index in [4.69, 9.17) is 9.05 Å². The molecular formula is C45H63O6Sb. The Labute approximate surface area is 323 Å². The molecule has 0 spiro atoms. The Balaban J connectivity index is 2.06. The van der Waals surface area contributed by atoms with E-state index in [1.165, 1.54) is 0 Å². The molecule has 0 N–H and O–H groups in total. The molecule has 3 aromatic carbocycles. The molecule has 0 heterocycles. The van der Waals surface area contributed by atoms with E-state index in [1.54, 1.807) is 18.2 Å². The number of benzene rings is 3. The van der Waals surface area contributed by atoms with Gasteiger partial charge in [0.2, 0.25) is 0 Å². The van der Waals surface area contributed by atoms with Gasteiger partial charge >= 0.3 is 325 Å². The molecule has 0 unspecified atom stereocenters. The van der Waals surface area contributed by atoms with Gasteiger partial charge in [0, 0.05) is 0 Å². The maximum absolute atomic E-state index is 14.1. The van der Waals surface area contributed by atoms with E-state index in [9.17, 15) is 14.4 Å². The predicted molar refractivity (Wildman–Crippen MR) is 213 cm³/mol. The van der Waals surface area contributed by atoms with Crippen LogP contribution >= 0.6 is 0 Å². The van der Waals surface area contributed by atoms with Crippen LogP contribution in [0, 0.1) is 0 Å². The molecule has 7 heteroatoms. The zero-order valence-corrected chi connectivity index (χ0v) is 35.4. The normalized spacial score (nSPS) is 11.1. The zero-order chi connectivity index (χ0) is 37.7. The van der Waals surface area contributed by atoms with Gasteiger partial charge < -0.3 is 0 Å². The van der Waals surface area contributed by atoms with Crippen LogP contribution in [0.25, 0.3) is 0 Å². The molecule has 0 radical (unpaired) electrons. The molecule has 0 bridgehead atoms. The number of rotatable bonds is 24. The van der Waals surface area contributed by atoms with Gasteiger partial charge in [0.15, 0.2) is 0 Å². The predicted octanol–water partition coefficient (Wildman–Crippen LogP) is 11.6. The van der Waals surface area contributed by atoms with Gasteiger partial charge in [-0.15, -0.1) is 0 Å². The summed E-state index contributed by atoms with van der Waals surface area (Å²) in [5.74, 6) is -1.79. The van der Waals surface area contributed by atoms with Crippen molar-refractivity contribution in [1.29, 1.82) is 0 Å². The first kappa shape index (κ1) is 43.3. The summed E-state index contributed by atoms with van der Waals surface area (Å²) in [5, 5.41) is 0. The van der Waals surface area contributed by atoms with Crippen LogP contribution in [0.15, 0.2) is 54.6 Å². The van der Waals surface area contributed by atoms with Gasteiger partial charge in [0.1, 0.15) is 0 Å². The number of carbonyl (C=O) groups is 3. The van der Waals surface area contributed by atoms with Crippen LogP contribution in [-0.2, 0) is 47.6 Å².